The van der Waals surface area contributed by atoms with Gasteiger partial charge in [-0.15, -0.1) is 0 Å². The largest absolute Gasteiger partial charge is 0.478 e. The number of hydrogen-bond acceptors (Lipinski definition) is 2. The van der Waals surface area contributed by atoms with Crippen molar-refractivity contribution in [2.45, 2.75) is 19.3 Å². The van der Waals surface area contributed by atoms with Gasteiger partial charge in [0.15, 0.2) is 0 Å². The van der Waals surface area contributed by atoms with Crippen molar-refractivity contribution in [2.75, 3.05) is 12.3 Å². The summed E-state index contributed by atoms with van der Waals surface area (Å²) in [4.78, 5) is 21.1. The average molecular weight is 294 g/mol. The molecule has 0 saturated heterocycles. The maximum atomic E-state index is 12.2. The summed E-state index contributed by atoms with van der Waals surface area (Å²) in [7, 11) is -3.45. The summed E-state index contributed by atoms with van der Waals surface area (Å²) in [6.07, 6.45) is 3.99. The van der Waals surface area contributed by atoms with Crippen molar-refractivity contribution in [1.82, 2.24) is 0 Å². The lowest BCUT2D eigenvalue weighted by atomic mass is 10.2. The smallest absolute Gasteiger partial charge is 0.331 e. The van der Waals surface area contributed by atoms with Gasteiger partial charge >= 0.3 is 5.97 Å². The van der Waals surface area contributed by atoms with E-state index in [1.165, 1.54) is 0 Å². The van der Waals surface area contributed by atoms with Crippen molar-refractivity contribution in [3.05, 3.63) is 47.5 Å². The second-order valence-electron chi connectivity index (χ2n) is 5.30. The van der Waals surface area contributed by atoms with Gasteiger partial charge in [0.2, 0.25) is 7.37 Å². The van der Waals surface area contributed by atoms with E-state index in [-0.39, 0.29) is 23.8 Å². The molecule has 0 bridgehead atoms. The van der Waals surface area contributed by atoms with Crippen LogP contribution in [0.5, 0.6) is 0 Å². The fraction of sp³-hybridized carbons (Fsp3) is 0.400. The van der Waals surface area contributed by atoms with Gasteiger partial charge in [-0.05, 0) is 30.7 Å². The number of benzene rings is 1. The molecule has 1 saturated carbocycles. The van der Waals surface area contributed by atoms with Crippen LogP contribution in [0.4, 0.5) is 0 Å². The second kappa shape index (κ2) is 6.38. The molecule has 1 aliphatic rings. The number of carbonyl (C=O) groups is 1. The van der Waals surface area contributed by atoms with Crippen molar-refractivity contribution in [3.63, 3.8) is 0 Å². The Kier molecular flexibility index (Phi) is 4.79. The molecule has 0 aromatic heterocycles. The first-order chi connectivity index (χ1) is 9.46. The first kappa shape index (κ1) is 15.0. The van der Waals surface area contributed by atoms with Gasteiger partial charge in [0.05, 0.1) is 6.16 Å². The summed E-state index contributed by atoms with van der Waals surface area (Å²) in [5.74, 6) is -0.791. The summed E-state index contributed by atoms with van der Waals surface area (Å²) in [6.45, 7) is 0. The lowest BCUT2D eigenvalue weighted by molar-refractivity contribution is -0.132. The number of allylic oxidation sites excluding steroid dienone is 1. The predicted molar refractivity (Wildman–Crippen MR) is 78.1 cm³/mol. The van der Waals surface area contributed by atoms with Gasteiger partial charge in [-0.3, -0.25) is 4.57 Å². The molecule has 1 fully saturated rings. The third-order valence-corrected chi connectivity index (χ3v) is 5.10. The quantitative estimate of drug-likeness (QED) is 0.599. The van der Waals surface area contributed by atoms with Gasteiger partial charge in [-0.1, -0.05) is 36.4 Å². The summed E-state index contributed by atoms with van der Waals surface area (Å²) in [5.41, 5.74) is 1.08. The molecular weight excluding hydrogens is 275 g/mol. The highest BCUT2D eigenvalue weighted by atomic mass is 31.2. The number of rotatable bonds is 7. The van der Waals surface area contributed by atoms with E-state index in [0.29, 0.717) is 6.42 Å². The monoisotopic (exact) mass is 294 g/mol. The normalized spacial score (nSPS) is 18.6. The second-order valence-corrected chi connectivity index (χ2v) is 7.75. The van der Waals surface area contributed by atoms with Crippen molar-refractivity contribution >= 4 is 13.3 Å². The Hall–Kier alpha value is -1.38. The molecule has 0 aliphatic heterocycles. The van der Waals surface area contributed by atoms with E-state index in [1.807, 2.05) is 30.3 Å². The standard InChI is InChI=1S/C15H19O4P/c16-15(17)14(10-13-6-7-13)11-20(18,19)9-8-12-4-2-1-3-5-12/h1-5,10,13H,6-9,11H2,(H,16,17)(H,18,19). The van der Waals surface area contributed by atoms with E-state index >= 15 is 0 Å². The Balaban J connectivity index is 1.95. The van der Waals surface area contributed by atoms with Crippen LogP contribution >= 0.6 is 7.37 Å². The van der Waals surface area contributed by atoms with Crippen LogP contribution in [0.3, 0.4) is 0 Å². The summed E-state index contributed by atoms with van der Waals surface area (Å²) >= 11 is 0. The molecular formula is C15H19O4P. The molecule has 5 heteroatoms. The minimum atomic E-state index is -3.45. The third kappa shape index (κ3) is 4.95. The van der Waals surface area contributed by atoms with E-state index in [4.69, 9.17) is 5.11 Å². The predicted octanol–water partition coefficient (Wildman–Crippen LogP) is 2.92. The van der Waals surface area contributed by atoms with Crippen LogP contribution in [0.2, 0.25) is 0 Å². The van der Waals surface area contributed by atoms with E-state index in [0.717, 1.165) is 18.4 Å². The average Bonchev–Trinajstić information content (AvgIpc) is 3.21. The summed E-state index contributed by atoms with van der Waals surface area (Å²) in [6, 6.07) is 9.46. The van der Waals surface area contributed by atoms with Gasteiger partial charge in [-0.2, -0.15) is 0 Å². The Bertz CT molecular complexity index is 546. The summed E-state index contributed by atoms with van der Waals surface area (Å²) in [5, 5.41) is 9.10. The van der Waals surface area contributed by atoms with Crippen molar-refractivity contribution in [1.29, 1.82) is 0 Å². The van der Waals surface area contributed by atoms with Gasteiger partial charge in [0.25, 0.3) is 0 Å². The molecule has 0 heterocycles. The number of carboxylic acid groups (broad SMARTS) is 1. The lowest BCUT2D eigenvalue weighted by Gasteiger charge is -2.12. The third-order valence-electron chi connectivity index (χ3n) is 3.34. The number of carboxylic acids is 1. The fourth-order valence-corrected chi connectivity index (χ4v) is 3.57. The van der Waals surface area contributed by atoms with E-state index < -0.39 is 13.3 Å². The number of hydrogen-bond donors (Lipinski definition) is 2. The highest BCUT2D eigenvalue weighted by Crippen LogP contribution is 2.44. The van der Waals surface area contributed by atoms with Crippen LogP contribution in [-0.4, -0.2) is 28.3 Å². The Morgan fingerprint density at radius 2 is 1.95 bits per heavy atom. The molecule has 1 unspecified atom stereocenters. The zero-order chi connectivity index (χ0) is 14.6. The topological polar surface area (TPSA) is 74.6 Å². The van der Waals surface area contributed by atoms with E-state index in [9.17, 15) is 14.3 Å². The minimum Gasteiger partial charge on any atom is -0.478 e. The van der Waals surface area contributed by atoms with Crippen molar-refractivity contribution in [2.24, 2.45) is 5.92 Å². The van der Waals surface area contributed by atoms with Crippen LogP contribution in [0.1, 0.15) is 18.4 Å². The van der Waals surface area contributed by atoms with Gasteiger partial charge < -0.3 is 10.00 Å². The minimum absolute atomic E-state index is 0.0893. The van der Waals surface area contributed by atoms with Crippen LogP contribution in [-0.2, 0) is 15.8 Å². The number of aryl methyl sites for hydroxylation is 1. The maximum Gasteiger partial charge on any atom is 0.331 e. The molecule has 1 atom stereocenters. The molecule has 2 N–H and O–H groups in total. The van der Waals surface area contributed by atoms with Crippen LogP contribution in [0, 0.1) is 5.92 Å². The Labute approximate surface area is 118 Å². The van der Waals surface area contributed by atoms with Crippen molar-refractivity contribution in [3.8, 4) is 0 Å². The molecule has 108 valence electrons. The lowest BCUT2D eigenvalue weighted by Crippen LogP contribution is -2.09. The molecule has 4 nitrogen and oxygen atoms in total. The molecule has 0 radical (unpaired) electrons. The van der Waals surface area contributed by atoms with E-state index in [1.54, 1.807) is 6.08 Å². The SMILES string of the molecule is O=C(O)C(=CC1CC1)CP(=O)(O)CCc1ccccc1. The molecule has 0 spiro atoms. The fourth-order valence-electron chi connectivity index (χ4n) is 2.03. The maximum absolute atomic E-state index is 12.2. The molecule has 20 heavy (non-hydrogen) atoms. The van der Waals surface area contributed by atoms with E-state index in [2.05, 4.69) is 0 Å². The molecule has 1 aliphatic carbocycles. The first-order valence-electron chi connectivity index (χ1n) is 6.75. The zero-order valence-electron chi connectivity index (χ0n) is 11.2. The molecule has 1 aromatic carbocycles. The molecule has 2 rings (SSSR count). The zero-order valence-corrected chi connectivity index (χ0v) is 12.1. The van der Waals surface area contributed by atoms with Gasteiger partial charge in [0, 0.05) is 11.7 Å². The van der Waals surface area contributed by atoms with Crippen LogP contribution < -0.4 is 0 Å². The Morgan fingerprint density at radius 3 is 2.50 bits per heavy atom. The van der Waals surface area contributed by atoms with Gasteiger partial charge in [-0.25, -0.2) is 4.79 Å². The number of aliphatic carboxylic acids is 1. The first-order valence-corrected chi connectivity index (χ1v) is 8.78. The molecule has 0 amide bonds. The van der Waals surface area contributed by atoms with Crippen molar-refractivity contribution < 1.29 is 19.4 Å². The molecule has 1 aromatic rings. The highest BCUT2D eigenvalue weighted by Gasteiger charge is 2.27. The highest BCUT2D eigenvalue weighted by molar-refractivity contribution is 7.58. The van der Waals surface area contributed by atoms with Crippen LogP contribution in [0.15, 0.2) is 42.0 Å². The van der Waals surface area contributed by atoms with Gasteiger partial charge in [0.1, 0.15) is 0 Å². The van der Waals surface area contributed by atoms with Crippen LogP contribution in [0.25, 0.3) is 0 Å². The Morgan fingerprint density at radius 1 is 1.30 bits per heavy atom. The summed E-state index contributed by atoms with van der Waals surface area (Å²) < 4.78 is 12.2.